The Morgan fingerprint density at radius 3 is 2.79 bits per heavy atom. The van der Waals surface area contributed by atoms with E-state index >= 15 is 0 Å². The van der Waals surface area contributed by atoms with Gasteiger partial charge >= 0.3 is 0 Å². The Bertz CT molecular complexity index is 1400. The van der Waals surface area contributed by atoms with Crippen molar-refractivity contribution in [3.05, 3.63) is 101 Å². The summed E-state index contributed by atoms with van der Waals surface area (Å²) in [5.41, 5.74) is 5.37. The Morgan fingerprint density at radius 1 is 1.09 bits per heavy atom. The summed E-state index contributed by atoms with van der Waals surface area (Å²) >= 11 is 0. The lowest BCUT2D eigenvalue weighted by Gasteiger charge is -2.20. The van der Waals surface area contributed by atoms with E-state index in [1.54, 1.807) is 17.2 Å². The van der Waals surface area contributed by atoms with Crippen LogP contribution in [0.3, 0.4) is 0 Å². The third kappa shape index (κ3) is 3.10. The smallest absolute Gasteiger partial charge is 0.270 e. The van der Waals surface area contributed by atoms with Gasteiger partial charge in [-0.3, -0.25) is 14.6 Å². The third-order valence-electron chi connectivity index (χ3n) is 6.52. The molecule has 1 spiro atoms. The summed E-state index contributed by atoms with van der Waals surface area (Å²) < 4.78 is 1.67. The van der Waals surface area contributed by atoms with Crippen LogP contribution < -0.4 is 10.6 Å². The maximum atomic E-state index is 12.9. The number of amides is 2. The van der Waals surface area contributed by atoms with Gasteiger partial charge in [-0.05, 0) is 53.3 Å². The average Bonchev–Trinajstić information content (AvgIpc) is 3.56. The van der Waals surface area contributed by atoms with Gasteiger partial charge in [0.2, 0.25) is 5.91 Å². The fourth-order valence-corrected chi connectivity index (χ4v) is 4.89. The summed E-state index contributed by atoms with van der Waals surface area (Å²) in [4.78, 5) is 34.2. The fraction of sp³-hybridized carbons (Fsp3) is 0.160. The third-order valence-corrected chi connectivity index (χ3v) is 6.52. The molecule has 0 saturated heterocycles. The number of carbonyl (C=O) groups excluding carboxylic acids is 2. The van der Waals surface area contributed by atoms with Crippen molar-refractivity contribution in [3.8, 4) is 5.69 Å². The molecule has 2 aliphatic rings. The number of nitrogens with one attached hydrogen (secondary N) is 2. The fourth-order valence-electron chi connectivity index (χ4n) is 4.89. The Hall–Kier alpha value is -4.33. The highest BCUT2D eigenvalue weighted by Gasteiger charge is 2.50. The molecular weight excluding hydrogens is 416 g/mol. The predicted octanol–water partition coefficient (Wildman–Crippen LogP) is 2.58. The van der Waals surface area contributed by atoms with Crippen LogP contribution in [0.1, 0.15) is 32.7 Å². The summed E-state index contributed by atoms with van der Waals surface area (Å²) in [6.45, 7) is 0.327. The normalized spacial score (nSPS) is 18.1. The van der Waals surface area contributed by atoms with Gasteiger partial charge < -0.3 is 10.6 Å². The van der Waals surface area contributed by atoms with Crippen molar-refractivity contribution < 1.29 is 9.59 Å². The number of hydrogen-bond acceptors (Lipinski definition) is 5. The van der Waals surface area contributed by atoms with Crippen LogP contribution in [0.4, 0.5) is 5.69 Å². The number of fused-ring (bicyclic) bond motifs is 3. The molecule has 6 rings (SSSR count). The first-order valence-electron chi connectivity index (χ1n) is 10.7. The summed E-state index contributed by atoms with van der Waals surface area (Å²) in [5.74, 6) is -0.251. The molecule has 8 nitrogen and oxygen atoms in total. The zero-order valence-electron chi connectivity index (χ0n) is 17.7. The Balaban J connectivity index is 1.22. The minimum atomic E-state index is -0.619. The summed E-state index contributed by atoms with van der Waals surface area (Å²) in [5, 5.41) is 10.1. The van der Waals surface area contributed by atoms with Crippen molar-refractivity contribution >= 4 is 17.5 Å². The molecular formula is C25H20N6O2. The number of benzene rings is 2. The number of rotatable bonds is 4. The molecule has 3 heterocycles. The predicted molar refractivity (Wildman–Crippen MR) is 121 cm³/mol. The van der Waals surface area contributed by atoms with Gasteiger partial charge in [-0.1, -0.05) is 36.4 Å². The van der Waals surface area contributed by atoms with Crippen molar-refractivity contribution in [1.29, 1.82) is 0 Å². The number of nitrogens with zero attached hydrogens (tertiary/aromatic N) is 4. The Kier molecular flexibility index (Phi) is 4.33. The standard InChI is InChI=1S/C25H20N6O2/c32-23(28-12-16-5-1-4-8-22(16)31-15-26-14-29-31)21-9-17-10-25(11-18(17)13-27-21)19-6-2-3-7-20(19)30-24(25)33/h1-9,13-15H,10-12H2,(H,28,32)(H,30,33). The van der Waals surface area contributed by atoms with Gasteiger partial charge in [-0.15, -0.1) is 0 Å². The summed E-state index contributed by atoms with van der Waals surface area (Å²) in [6.07, 6.45) is 5.97. The minimum Gasteiger partial charge on any atom is -0.347 e. The second-order valence-electron chi connectivity index (χ2n) is 8.43. The molecule has 1 aliphatic heterocycles. The maximum Gasteiger partial charge on any atom is 0.270 e. The monoisotopic (exact) mass is 436 g/mol. The van der Waals surface area contributed by atoms with Crippen LogP contribution in [0, 0.1) is 0 Å². The zero-order valence-corrected chi connectivity index (χ0v) is 17.7. The first-order chi connectivity index (χ1) is 16.1. The summed E-state index contributed by atoms with van der Waals surface area (Å²) in [6, 6.07) is 17.3. The van der Waals surface area contributed by atoms with E-state index in [4.69, 9.17) is 0 Å². The Labute approximate surface area is 189 Å². The van der Waals surface area contributed by atoms with Gasteiger partial charge in [0.1, 0.15) is 18.3 Å². The first-order valence-corrected chi connectivity index (χ1v) is 10.7. The van der Waals surface area contributed by atoms with E-state index in [9.17, 15) is 9.59 Å². The summed E-state index contributed by atoms with van der Waals surface area (Å²) in [7, 11) is 0. The van der Waals surface area contributed by atoms with Crippen molar-refractivity contribution in [2.24, 2.45) is 0 Å². The van der Waals surface area contributed by atoms with Gasteiger partial charge in [-0.2, -0.15) is 5.10 Å². The number of pyridine rings is 1. The lowest BCUT2D eigenvalue weighted by molar-refractivity contribution is -0.120. The molecule has 2 N–H and O–H groups in total. The van der Waals surface area contributed by atoms with Crippen LogP contribution in [0.2, 0.25) is 0 Å². The molecule has 2 aromatic carbocycles. The molecule has 0 saturated carbocycles. The van der Waals surface area contributed by atoms with Crippen molar-refractivity contribution in [3.63, 3.8) is 0 Å². The lowest BCUT2D eigenvalue weighted by Crippen LogP contribution is -2.35. The minimum absolute atomic E-state index is 0.00983. The second-order valence-corrected chi connectivity index (χ2v) is 8.43. The van der Waals surface area contributed by atoms with Gasteiger partial charge in [-0.25, -0.2) is 9.67 Å². The van der Waals surface area contributed by atoms with E-state index in [1.165, 1.54) is 6.33 Å². The number of anilines is 1. The quantitative estimate of drug-likeness (QED) is 0.512. The number of para-hydroxylation sites is 2. The molecule has 0 radical (unpaired) electrons. The topological polar surface area (TPSA) is 102 Å². The van der Waals surface area contributed by atoms with E-state index in [1.807, 2.05) is 54.6 Å². The van der Waals surface area contributed by atoms with E-state index < -0.39 is 5.41 Å². The molecule has 0 bridgehead atoms. The van der Waals surface area contributed by atoms with Gasteiger partial charge in [0, 0.05) is 18.4 Å². The number of aromatic nitrogens is 4. The van der Waals surface area contributed by atoms with E-state index in [-0.39, 0.29) is 11.8 Å². The van der Waals surface area contributed by atoms with Crippen molar-refractivity contribution in [2.75, 3.05) is 5.32 Å². The van der Waals surface area contributed by atoms with Gasteiger partial charge in [0.05, 0.1) is 11.1 Å². The average molecular weight is 436 g/mol. The molecule has 1 atom stereocenters. The van der Waals surface area contributed by atoms with Crippen molar-refractivity contribution in [1.82, 2.24) is 25.1 Å². The van der Waals surface area contributed by atoms with Crippen LogP contribution in [0.5, 0.6) is 0 Å². The molecule has 162 valence electrons. The highest BCUT2D eigenvalue weighted by atomic mass is 16.2. The molecule has 4 aromatic rings. The van der Waals surface area contributed by atoms with Crippen LogP contribution in [-0.2, 0) is 29.6 Å². The maximum absolute atomic E-state index is 12.9. The lowest BCUT2D eigenvalue weighted by atomic mass is 9.79. The van der Waals surface area contributed by atoms with Crippen LogP contribution in [0.15, 0.2) is 73.4 Å². The van der Waals surface area contributed by atoms with Crippen LogP contribution in [-0.4, -0.2) is 31.6 Å². The molecule has 1 unspecified atom stereocenters. The number of carbonyl (C=O) groups is 2. The zero-order chi connectivity index (χ0) is 22.4. The van der Waals surface area contributed by atoms with Gasteiger partial charge in [0.15, 0.2) is 0 Å². The molecule has 33 heavy (non-hydrogen) atoms. The first kappa shape index (κ1) is 19.4. The largest absolute Gasteiger partial charge is 0.347 e. The highest BCUT2D eigenvalue weighted by Crippen LogP contribution is 2.47. The van der Waals surface area contributed by atoms with E-state index in [0.717, 1.165) is 33.6 Å². The van der Waals surface area contributed by atoms with Gasteiger partial charge in [0.25, 0.3) is 5.91 Å². The van der Waals surface area contributed by atoms with Crippen LogP contribution >= 0.6 is 0 Å². The van der Waals surface area contributed by atoms with Crippen molar-refractivity contribution in [2.45, 2.75) is 24.8 Å². The second kappa shape index (κ2) is 7.37. The molecule has 8 heteroatoms. The molecule has 1 aliphatic carbocycles. The van der Waals surface area contributed by atoms with E-state index in [0.29, 0.717) is 25.1 Å². The van der Waals surface area contributed by atoms with Crippen LogP contribution in [0.25, 0.3) is 5.69 Å². The Morgan fingerprint density at radius 2 is 1.91 bits per heavy atom. The van der Waals surface area contributed by atoms with E-state index in [2.05, 4.69) is 25.7 Å². The SMILES string of the molecule is O=C(NCc1ccccc1-n1cncn1)c1cc2c(cn1)CC1(C2)C(=O)Nc2ccccc21. The highest BCUT2D eigenvalue weighted by molar-refractivity contribution is 6.07. The molecule has 2 amide bonds. The molecule has 2 aromatic heterocycles. The molecule has 0 fully saturated rings. The number of hydrogen-bond donors (Lipinski definition) is 2.